The van der Waals surface area contributed by atoms with Gasteiger partial charge in [0.1, 0.15) is 35.6 Å². The highest BCUT2D eigenvalue weighted by Gasteiger charge is 2.44. The summed E-state index contributed by atoms with van der Waals surface area (Å²) in [5, 5.41) is 29.7. The van der Waals surface area contributed by atoms with E-state index in [9.17, 15) is 20.1 Å². The maximum Gasteiger partial charge on any atom is 0.251 e. The summed E-state index contributed by atoms with van der Waals surface area (Å²) in [6.45, 7) is 1.20. The summed E-state index contributed by atoms with van der Waals surface area (Å²) in [6.07, 6.45) is -4.99. The number of aliphatic hydroxyl groups is 3. The molecule has 10 heteroatoms. The van der Waals surface area contributed by atoms with Crippen molar-refractivity contribution in [3.63, 3.8) is 0 Å². The van der Waals surface area contributed by atoms with Crippen molar-refractivity contribution in [1.29, 1.82) is 0 Å². The molecule has 0 aromatic carbocycles. The van der Waals surface area contributed by atoms with E-state index in [1.165, 1.54) is 6.20 Å². The van der Waals surface area contributed by atoms with Crippen LogP contribution < -0.4 is 11.5 Å². The Bertz CT molecular complexity index is 843. The van der Waals surface area contributed by atoms with Crippen LogP contribution in [-0.2, 0) is 11.2 Å². The van der Waals surface area contributed by atoms with Crippen molar-refractivity contribution in [2.45, 2.75) is 37.9 Å². The molecule has 4 atom stereocenters. The van der Waals surface area contributed by atoms with Gasteiger partial charge >= 0.3 is 0 Å². The molecule has 4 unspecified atom stereocenters. The van der Waals surface area contributed by atoms with Gasteiger partial charge in [-0.05, 0) is 0 Å². The van der Waals surface area contributed by atoms with Crippen LogP contribution in [0.3, 0.4) is 0 Å². The number of aryl methyl sites for hydroxylation is 1. The minimum absolute atomic E-state index is 0.00439. The third kappa shape index (κ3) is 2.40. The van der Waals surface area contributed by atoms with Gasteiger partial charge in [-0.3, -0.25) is 4.79 Å². The Morgan fingerprint density at radius 3 is 2.71 bits per heavy atom. The maximum atomic E-state index is 11.8. The van der Waals surface area contributed by atoms with E-state index in [2.05, 4.69) is 9.97 Å². The Labute approximate surface area is 138 Å². The highest BCUT2D eigenvalue weighted by molar-refractivity contribution is 6.08. The van der Waals surface area contributed by atoms with E-state index in [4.69, 9.17) is 17.6 Å². The minimum atomic E-state index is -2.23. The predicted octanol–water partition coefficient (Wildman–Crippen LogP) is -1.71. The van der Waals surface area contributed by atoms with Crippen LogP contribution in [0.25, 0.3) is 11.0 Å². The van der Waals surface area contributed by atoms with Crippen LogP contribution in [0.15, 0.2) is 6.20 Å². The first-order valence-electron chi connectivity index (χ1n) is 7.87. The first-order valence-corrected chi connectivity index (χ1v) is 7.37. The average Bonchev–Trinajstić information content (AvgIpc) is 3.07. The largest absolute Gasteiger partial charge is 0.394 e. The van der Waals surface area contributed by atoms with Gasteiger partial charge in [-0.1, -0.05) is 6.92 Å². The summed E-state index contributed by atoms with van der Waals surface area (Å²) in [5.41, 5.74) is 11.3. The van der Waals surface area contributed by atoms with Gasteiger partial charge in [0.25, 0.3) is 5.91 Å². The van der Waals surface area contributed by atoms with Gasteiger partial charge in [0, 0.05) is 12.6 Å². The van der Waals surface area contributed by atoms with E-state index < -0.39 is 37.0 Å². The van der Waals surface area contributed by atoms with E-state index in [1.807, 2.05) is 0 Å². The Hall–Kier alpha value is -2.27. The molecule has 0 saturated carbocycles. The molecule has 10 nitrogen and oxygen atoms in total. The van der Waals surface area contributed by atoms with E-state index in [-0.39, 0.29) is 22.4 Å². The third-order valence-electron chi connectivity index (χ3n) is 3.95. The molecule has 0 aliphatic carbocycles. The molecule has 130 valence electrons. The number of nitrogens with zero attached hydrogens (tertiary/aromatic N) is 3. The zero-order valence-electron chi connectivity index (χ0n) is 13.9. The third-order valence-corrected chi connectivity index (χ3v) is 3.95. The van der Waals surface area contributed by atoms with Crippen LogP contribution in [0.2, 0.25) is 0 Å². The Kier molecular flexibility index (Phi) is 3.81. The van der Waals surface area contributed by atoms with Crippen molar-refractivity contribution in [2.75, 3.05) is 12.3 Å². The van der Waals surface area contributed by atoms with E-state index in [0.29, 0.717) is 12.2 Å². The number of fused-ring (bicyclic) bond motifs is 1. The molecule has 3 rings (SSSR count). The lowest BCUT2D eigenvalue weighted by Gasteiger charge is -2.17. The van der Waals surface area contributed by atoms with Crippen LogP contribution >= 0.6 is 0 Å². The minimum Gasteiger partial charge on any atom is -0.394 e. The number of carbonyl (C=O) groups excluding carboxylic acids is 1. The Morgan fingerprint density at radius 1 is 1.46 bits per heavy atom. The second-order valence-corrected chi connectivity index (χ2v) is 5.47. The second-order valence-electron chi connectivity index (χ2n) is 5.47. The number of anilines is 1. The van der Waals surface area contributed by atoms with Gasteiger partial charge in [0.2, 0.25) is 0 Å². The summed E-state index contributed by atoms with van der Waals surface area (Å²) >= 11 is 0. The van der Waals surface area contributed by atoms with E-state index in [0.717, 1.165) is 4.57 Å². The molecule has 2 aromatic heterocycles. The number of amides is 1. The predicted molar refractivity (Wildman–Crippen MR) is 82.8 cm³/mol. The quantitative estimate of drug-likeness (QED) is 0.438. The summed E-state index contributed by atoms with van der Waals surface area (Å²) in [5.74, 6) is -0.459. The molecule has 0 bridgehead atoms. The molecule has 2 aromatic rings. The zero-order chi connectivity index (χ0) is 18.5. The molecule has 7 N–H and O–H groups in total. The zero-order valence-corrected chi connectivity index (χ0v) is 12.9. The number of carbonyl (C=O) groups is 1. The molecule has 0 spiro atoms. The summed E-state index contributed by atoms with van der Waals surface area (Å²) in [6, 6.07) is 0. The SMILES string of the molecule is [2H]C1(n2cc(C(N)=O)c3c(N)nc(CC)nc32)OC(CO)C(O)C1O. The molecule has 1 fully saturated rings. The fourth-order valence-electron chi connectivity index (χ4n) is 2.70. The number of rotatable bonds is 4. The van der Waals surface area contributed by atoms with E-state index in [1.54, 1.807) is 6.92 Å². The molecule has 3 heterocycles. The number of aromatic nitrogens is 3. The van der Waals surface area contributed by atoms with Gasteiger partial charge in [-0.15, -0.1) is 0 Å². The van der Waals surface area contributed by atoms with Gasteiger partial charge in [0.05, 0.1) is 18.9 Å². The summed E-state index contributed by atoms with van der Waals surface area (Å²) in [7, 11) is 0. The fraction of sp³-hybridized carbons (Fsp3) is 0.500. The normalized spacial score (nSPS) is 30.7. The molecule has 1 saturated heterocycles. The molecule has 0 radical (unpaired) electrons. The first-order chi connectivity index (χ1) is 11.7. The lowest BCUT2D eigenvalue weighted by molar-refractivity contribution is -0.0509. The number of nitrogens with two attached hydrogens (primary N) is 2. The number of aliphatic hydroxyl groups excluding tert-OH is 3. The number of hydrogen-bond acceptors (Lipinski definition) is 8. The van der Waals surface area contributed by atoms with Gasteiger partial charge in [0.15, 0.2) is 6.20 Å². The number of hydrogen-bond donors (Lipinski definition) is 5. The van der Waals surface area contributed by atoms with Crippen molar-refractivity contribution >= 4 is 22.8 Å². The first kappa shape index (κ1) is 15.3. The Morgan fingerprint density at radius 2 is 2.17 bits per heavy atom. The van der Waals surface area contributed by atoms with Crippen LogP contribution in [0.4, 0.5) is 5.82 Å². The molecule has 24 heavy (non-hydrogen) atoms. The molecule has 1 amide bonds. The van der Waals surface area contributed by atoms with Crippen LogP contribution in [0.1, 0.15) is 30.7 Å². The van der Waals surface area contributed by atoms with Crippen molar-refractivity contribution in [3.8, 4) is 0 Å². The topological polar surface area (TPSA) is 170 Å². The number of nitrogen functional groups attached to an aromatic ring is 1. The monoisotopic (exact) mass is 338 g/mol. The van der Waals surface area contributed by atoms with Crippen molar-refractivity contribution in [2.24, 2.45) is 5.73 Å². The molecular weight excluding hydrogens is 318 g/mol. The van der Waals surface area contributed by atoms with Crippen molar-refractivity contribution < 1.29 is 26.2 Å². The fourth-order valence-corrected chi connectivity index (χ4v) is 2.70. The van der Waals surface area contributed by atoms with Gasteiger partial charge in [-0.2, -0.15) is 0 Å². The number of primary amides is 1. The van der Waals surface area contributed by atoms with Crippen LogP contribution in [0.5, 0.6) is 0 Å². The molecule has 1 aliphatic heterocycles. The highest BCUT2D eigenvalue weighted by Crippen LogP contribution is 2.34. The maximum absolute atomic E-state index is 11.8. The second kappa shape index (κ2) is 5.98. The van der Waals surface area contributed by atoms with Gasteiger partial charge in [-0.25, -0.2) is 9.97 Å². The lowest BCUT2D eigenvalue weighted by Crippen LogP contribution is -2.33. The van der Waals surface area contributed by atoms with Crippen LogP contribution in [0, 0.1) is 0 Å². The Balaban J connectivity index is 2.29. The molecule has 1 aliphatic rings. The summed E-state index contributed by atoms with van der Waals surface area (Å²) in [4.78, 5) is 20.1. The molecular formula is C14H19N5O5. The van der Waals surface area contributed by atoms with Crippen molar-refractivity contribution in [1.82, 2.24) is 14.5 Å². The summed E-state index contributed by atoms with van der Waals surface area (Å²) < 4.78 is 14.9. The van der Waals surface area contributed by atoms with E-state index >= 15 is 0 Å². The number of ether oxygens (including phenoxy) is 1. The highest BCUT2D eigenvalue weighted by atomic mass is 16.6. The van der Waals surface area contributed by atoms with Crippen LogP contribution in [-0.4, -0.2) is 60.7 Å². The van der Waals surface area contributed by atoms with Gasteiger partial charge < -0.3 is 36.1 Å². The standard InChI is InChI=1S/C14H19N5O5/c1-2-7-17-11(15)8-5(12(16)23)3-19(13(8)18-7)14-10(22)9(21)6(4-20)24-14/h3,6,9-10,14,20-22H,2,4H2,1H3,(H2,16,23)(H2,15,17,18)/i14D. The smallest absolute Gasteiger partial charge is 0.251 e. The lowest BCUT2D eigenvalue weighted by atomic mass is 10.1. The average molecular weight is 338 g/mol. The van der Waals surface area contributed by atoms with Crippen molar-refractivity contribution in [3.05, 3.63) is 17.6 Å².